The zero-order valence-corrected chi connectivity index (χ0v) is 14.1. The van der Waals surface area contributed by atoms with Crippen LogP contribution in [0.4, 0.5) is 0 Å². The molecule has 0 aromatic carbocycles. The van der Waals surface area contributed by atoms with E-state index in [2.05, 4.69) is 96.6 Å². The van der Waals surface area contributed by atoms with Crippen LogP contribution in [0.3, 0.4) is 0 Å². The van der Waals surface area contributed by atoms with Crippen LogP contribution < -0.4 is 0 Å². The van der Waals surface area contributed by atoms with E-state index in [0.29, 0.717) is 0 Å². The summed E-state index contributed by atoms with van der Waals surface area (Å²) >= 11 is 0. The molecule has 0 aromatic rings. The summed E-state index contributed by atoms with van der Waals surface area (Å²) < 4.78 is 0. The molecule has 21 heavy (non-hydrogen) atoms. The van der Waals surface area contributed by atoms with Gasteiger partial charge >= 0.3 is 0 Å². The van der Waals surface area contributed by atoms with Gasteiger partial charge in [0.15, 0.2) is 0 Å². The highest BCUT2D eigenvalue weighted by molar-refractivity contribution is 5.50. The van der Waals surface area contributed by atoms with E-state index < -0.39 is 0 Å². The van der Waals surface area contributed by atoms with Crippen LogP contribution in [0.1, 0.15) is 41.5 Å². The highest BCUT2D eigenvalue weighted by atomic mass is 14.2. The Morgan fingerprint density at radius 2 is 1.48 bits per heavy atom. The molecule has 0 saturated carbocycles. The Labute approximate surface area is 130 Å². The van der Waals surface area contributed by atoms with Crippen LogP contribution in [-0.2, 0) is 0 Å². The molecule has 0 amide bonds. The van der Waals surface area contributed by atoms with Crippen molar-refractivity contribution in [3.63, 3.8) is 0 Å². The first-order valence-corrected chi connectivity index (χ1v) is 7.64. The maximum Gasteiger partial charge on any atom is 0.0492 e. The molecule has 2 aliphatic carbocycles. The van der Waals surface area contributed by atoms with E-state index in [1.165, 1.54) is 11.1 Å². The second kappa shape index (κ2) is 5.54. The van der Waals surface area contributed by atoms with Crippen molar-refractivity contribution >= 4 is 0 Å². The van der Waals surface area contributed by atoms with Crippen molar-refractivity contribution in [1.82, 2.24) is 0 Å². The van der Waals surface area contributed by atoms with Gasteiger partial charge in [-0.2, -0.15) is 0 Å². The third-order valence-corrected chi connectivity index (χ3v) is 3.79. The summed E-state index contributed by atoms with van der Waals surface area (Å²) in [5.74, 6) is 0. The number of allylic oxidation sites excluding steroid dienone is 9. The van der Waals surface area contributed by atoms with Crippen LogP contribution in [0.25, 0.3) is 0 Å². The lowest BCUT2D eigenvalue weighted by Gasteiger charge is -2.28. The summed E-state index contributed by atoms with van der Waals surface area (Å²) in [6, 6.07) is 0. The minimum absolute atomic E-state index is 0.201. The average molecular weight is 278 g/mol. The van der Waals surface area contributed by atoms with Gasteiger partial charge in [-0.25, -0.2) is 5.73 Å². The molecule has 0 heterocycles. The molecule has 0 unspecified atom stereocenters. The van der Waals surface area contributed by atoms with Gasteiger partial charge in [-0.15, -0.1) is 35.8 Å². The quantitative estimate of drug-likeness (QED) is 0.380. The maximum absolute atomic E-state index is 3.46. The Bertz CT molecular complexity index is 543. The van der Waals surface area contributed by atoms with Gasteiger partial charge < -0.3 is 0 Å². The predicted molar refractivity (Wildman–Crippen MR) is 92.5 cm³/mol. The third kappa shape index (κ3) is 4.09. The van der Waals surface area contributed by atoms with Crippen molar-refractivity contribution < 1.29 is 0 Å². The van der Waals surface area contributed by atoms with Gasteiger partial charge in [0, 0.05) is 41.2 Å². The number of hydrogen-bond acceptors (Lipinski definition) is 0. The van der Waals surface area contributed by atoms with Gasteiger partial charge in [0.1, 0.15) is 0 Å². The van der Waals surface area contributed by atoms with Gasteiger partial charge in [0.2, 0.25) is 0 Å². The molecule has 0 aliphatic heterocycles. The van der Waals surface area contributed by atoms with Crippen LogP contribution in [0.5, 0.6) is 0 Å². The van der Waals surface area contributed by atoms with Crippen molar-refractivity contribution in [2.45, 2.75) is 41.5 Å². The first-order chi connectivity index (χ1) is 9.66. The van der Waals surface area contributed by atoms with E-state index in [4.69, 9.17) is 0 Å². The minimum Gasteiger partial charge on any atom is -0.207 e. The Morgan fingerprint density at radius 3 is 1.90 bits per heavy atom. The van der Waals surface area contributed by atoms with E-state index in [-0.39, 0.29) is 10.8 Å². The van der Waals surface area contributed by atoms with Crippen molar-refractivity contribution in [3.8, 4) is 0 Å². The Balaban J connectivity index is 2.14. The van der Waals surface area contributed by atoms with Gasteiger partial charge in [-0.1, -0.05) is 20.8 Å². The molecule has 0 bridgehead atoms. The topological polar surface area (TPSA) is 0 Å². The molecule has 0 nitrogen and oxygen atoms in total. The van der Waals surface area contributed by atoms with Crippen LogP contribution in [0, 0.1) is 23.7 Å². The summed E-state index contributed by atoms with van der Waals surface area (Å²) in [5.41, 5.74) is 8.84. The first-order valence-electron chi connectivity index (χ1n) is 7.64. The lowest BCUT2D eigenvalue weighted by molar-refractivity contribution is 0.516. The van der Waals surface area contributed by atoms with E-state index in [1.54, 1.807) is 0 Å². The molecular formula is C21H26. The highest BCUT2D eigenvalue weighted by Crippen LogP contribution is 2.31. The van der Waals surface area contributed by atoms with E-state index in [0.717, 1.165) is 11.1 Å². The monoisotopic (exact) mass is 278 g/mol. The largest absolute Gasteiger partial charge is 0.207 e. The van der Waals surface area contributed by atoms with E-state index in [9.17, 15) is 0 Å². The molecular weight excluding hydrogens is 252 g/mol. The summed E-state index contributed by atoms with van der Waals surface area (Å²) in [5, 5.41) is 0. The Kier molecular flexibility index (Phi) is 4.12. The zero-order chi connectivity index (χ0) is 15.7. The fourth-order valence-electron chi connectivity index (χ4n) is 2.27. The second-order valence-electron chi connectivity index (χ2n) is 7.78. The van der Waals surface area contributed by atoms with E-state index in [1.807, 2.05) is 0 Å². The second-order valence-corrected chi connectivity index (χ2v) is 7.78. The Hall–Kier alpha value is -1.78. The molecule has 0 aromatic heterocycles. The van der Waals surface area contributed by atoms with Gasteiger partial charge in [-0.05, 0) is 26.2 Å². The fraction of sp³-hybridized carbons (Fsp3) is 0.381. The van der Waals surface area contributed by atoms with Crippen molar-refractivity contribution in [2.24, 2.45) is 10.8 Å². The SMILES string of the molecule is CC(C)(C)C1=C[CH+]C(=C=C2C=CC(C(C)(C)C)=C[CH-]2)C=C1. The molecule has 0 N–H and O–H groups in total. The van der Waals surface area contributed by atoms with Gasteiger partial charge in [0.25, 0.3) is 0 Å². The first kappa shape index (κ1) is 15.6. The average Bonchev–Trinajstić information content (AvgIpc) is 2.38. The summed E-state index contributed by atoms with van der Waals surface area (Å²) in [7, 11) is 0. The fourth-order valence-corrected chi connectivity index (χ4v) is 2.27. The molecule has 0 spiro atoms. The molecule has 0 atom stereocenters. The van der Waals surface area contributed by atoms with Crippen molar-refractivity contribution in [1.29, 1.82) is 0 Å². The van der Waals surface area contributed by atoms with Crippen molar-refractivity contribution in [3.05, 3.63) is 77.3 Å². The highest BCUT2D eigenvalue weighted by Gasteiger charge is 2.20. The summed E-state index contributed by atoms with van der Waals surface area (Å²) in [4.78, 5) is 0. The Morgan fingerprint density at radius 1 is 0.857 bits per heavy atom. The van der Waals surface area contributed by atoms with Crippen LogP contribution in [-0.4, -0.2) is 0 Å². The predicted octanol–water partition coefficient (Wildman–Crippen LogP) is 5.93. The van der Waals surface area contributed by atoms with Crippen LogP contribution in [0.15, 0.2) is 64.5 Å². The molecule has 2 aliphatic rings. The molecule has 2 rings (SSSR count). The molecule has 0 radical (unpaired) electrons. The van der Waals surface area contributed by atoms with Gasteiger partial charge in [0.05, 0.1) is 0 Å². The zero-order valence-electron chi connectivity index (χ0n) is 14.1. The lowest BCUT2D eigenvalue weighted by Crippen LogP contribution is -2.09. The molecule has 0 heteroatoms. The maximum atomic E-state index is 3.46. The standard InChI is InChI=1S/C21H26/c1-20(2,3)18-11-7-16(8-12-18)15-17-9-13-19(14-10-17)21(4,5)6/h7-14H,1-6H3. The van der Waals surface area contributed by atoms with E-state index >= 15 is 0 Å². The molecule has 0 saturated heterocycles. The molecule has 110 valence electrons. The minimum atomic E-state index is 0.201. The smallest absolute Gasteiger partial charge is 0.0492 e. The lowest BCUT2D eigenvalue weighted by atomic mass is 9.82. The number of hydrogen-bond donors (Lipinski definition) is 0. The number of rotatable bonds is 0. The summed E-state index contributed by atoms with van der Waals surface area (Å²) in [6.45, 7) is 13.4. The van der Waals surface area contributed by atoms with Gasteiger partial charge in [-0.3, -0.25) is 0 Å². The third-order valence-electron chi connectivity index (χ3n) is 3.79. The van der Waals surface area contributed by atoms with Crippen molar-refractivity contribution in [2.75, 3.05) is 0 Å². The molecule has 0 fully saturated rings. The normalized spacial score (nSPS) is 18.6. The van der Waals surface area contributed by atoms with Crippen LogP contribution >= 0.6 is 0 Å². The van der Waals surface area contributed by atoms with Crippen LogP contribution in [0.2, 0.25) is 0 Å². The summed E-state index contributed by atoms with van der Waals surface area (Å²) in [6.07, 6.45) is 17.4.